The molecule has 0 aliphatic carbocycles. The molecule has 10 nitrogen and oxygen atoms in total. The fourth-order valence-corrected chi connectivity index (χ4v) is 5.23. The topological polar surface area (TPSA) is 148 Å². The van der Waals surface area contributed by atoms with Gasteiger partial charge in [0.05, 0.1) is 0 Å². The van der Waals surface area contributed by atoms with E-state index in [1.54, 1.807) is 0 Å². The van der Waals surface area contributed by atoms with Gasteiger partial charge in [0.2, 0.25) is 0 Å². The van der Waals surface area contributed by atoms with Crippen LogP contribution in [0.5, 0.6) is 0 Å². The van der Waals surface area contributed by atoms with E-state index in [-0.39, 0.29) is 6.61 Å². The molecule has 240 valence electrons. The normalized spacial score (nSPS) is 12.7. The van der Waals surface area contributed by atoms with E-state index in [9.17, 15) is 19.5 Å². The predicted molar refractivity (Wildman–Crippen MR) is 170 cm³/mol. The van der Waals surface area contributed by atoms with Gasteiger partial charge in [-0.15, -0.1) is 0 Å². The Bertz CT molecular complexity index is 1500. The molecule has 0 saturated carbocycles. The molecule has 45 heavy (non-hydrogen) atoms. The monoisotopic (exact) mass is 618 g/mol. The molecule has 1 aromatic heterocycles. The summed E-state index contributed by atoms with van der Waals surface area (Å²) in [6.07, 6.45) is 5.31. The number of hydrogen-bond donors (Lipinski definition) is 3. The Morgan fingerprint density at radius 2 is 1.47 bits per heavy atom. The number of benzene rings is 3. The molecule has 3 aromatic carbocycles. The van der Waals surface area contributed by atoms with E-state index in [0.717, 1.165) is 68.4 Å². The van der Waals surface area contributed by atoms with Crippen molar-refractivity contribution in [2.24, 2.45) is 0 Å². The SMILES string of the molecule is O=C(O)COC(C(=O)O)C(OCCCCCc1ccc2ccccc2c1)C(=O)NCCCCCCCc1nc2ccccc2o1. The third-order valence-electron chi connectivity index (χ3n) is 7.59. The highest BCUT2D eigenvalue weighted by molar-refractivity contribution is 5.88. The standard InChI is InChI=1S/C35H42N2O8/c38-31(39)24-44-33(35(41)42)32(43-22-12-4-5-13-25-19-20-26-14-7-8-15-27(26)23-25)34(40)36-21-11-3-1-2-6-18-30-37-28-16-9-10-17-29(28)45-30/h7-10,14-17,19-20,23,32-33H,1-6,11-13,18,21-22,24H2,(H,36,40)(H,38,39)(H,41,42). The summed E-state index contributed by atoms with van der Waals surface area (Å²) in [4.78, 5) is 40.4. The van der Waals surface area contributed by atoms with E-state index in [0.29, 0.717) is 19.4 Å². The molecule has 0 spiro atoms. The van der Waals surface area contributed by atoms with Crippen LogP contribution in [0.15, 0.2) is 71.1 Å². The molecule has 0 fully saturated rings. The van der Waals surface area contributed by atoms with Crippen LogP contribution in [-0.4, -0.2) is 65.0 Å². The van der Waals surface area contributed by atoms with Crippen LogP contribution in [-0.2, 0) is 36.7 Å². The van der Waals surface area contributed by atoms with Gasteiger partial charge in [-0.25, -0.2) is 14.6 Å². The summed E-state index contributed by atoms with van der Waals surface area (Å²) in [6, 6.07) is 22.3. The fourth-order valence-electron chi connectivity index (χ4n) is 5.23. The molecular weight excluding hydrogens is 576 g/mol. The first-order chi connectivity index (χ1) is 21.9. The van der Waals surface area contributed by atoms with E-state index in [4.69, 9.17) is 19.0 Å². The maximum absolute atomic E-state index is 13.0. The number of unbranched alkanes of at least 4 members (excludes halogenated alkanes) is 6. The number of aryl methyl sites for hydroxylation is 2. The number of amides is 1. The van der Waals surface area contributed by atoms with Crippen molar-refractivity contribution in [3.63, 3.8) is 0 Å². The first-order valence-electron chi connectivity index (χ1n) is 15.7. The largest absolute Gasteiger partial charge is 0.480 e. The van der Waals surface area contributed by atoms with Crippen molar-refractivity contribution in [3.8, 4) is 0 Å². The van der Waals surface area contributed by atoms with Crippen LogP contribution >= 0.6 is 0 Å². The summed E-state index contributed by atoms with van der Waals surface area (Å²) in [5.74, 6) is -2.67. The zero-order valence-corrected chi connectivity index (χ0v) is 25.5. The van der Waals surface area contributed by atoms with Gasteiger partial charge in [-0.3, -0.25) is 4.79 Å². The van der Waals surface area contributed by atoms with Gasteiger partial charge < -0.3 is 29.4 Å². The third-order valence-corrected chi connectivity index (χ3v) is 7.59. The van der Waals surface area contributed by atoms with Crippen molar-refractivity contribution in [2.45, 2.75) is 76.4 Å². The van der Waals surface area contributed by atoms with Gasteiger partial charge in [-0.2, -0.15) is 0 Å². The number of aliphatic carboxylic acids is 2. The lowest BCUT2D eigenvalue weighted by atomic mass is 10.0. The molecule has 10 heteroatoms. The Labute approximate surface area is 262 Å². The van der Waals surface area contributed by atoms with Gasteiger partial charge in [0, 0.05) is 19.6 Å². The van der Waals surface area contributed by atoms with Crippen LogP contribution in [0.25, 0.3) is 21.9 Å². The average Bonchev–Trinajstić information content (AvgIpc) is 3.45. The van der Waals surface area contributed by atoms with Crippen LogP contribution in [0.3, 0.4) is 0 Å². The number of carboxylic acid groups (broad SMARTS) is 2. The Morgan fingerprint density at radius 1 is 0.756 bits per heavy atom. The Kier molecular flexibility index (Phi) is 13.3. The van der Waals surface area contributed by atoms with Gasteiger partial charge in [0.15, 0.2) is 23.7 Å². The second kappa shape index (κ2) is 17.9. The molecule has 0 bridgehead atoms. The second-order valence-corrected chi connectivity index (χ2v) is 11.1. The zero-order chi connectivity index (χ0) is 31.9. The molecule has 0 radical (unpaired) electrons. The maximum atomic E-state index is 13.0. The molecule has 4 rings (SSSR count). The van der Waals surface area contributed by atoms with Gasteiger partial charge in [-0.05, 0) is 60.6 Å². The van der Waals surface area contributed by atoms with Crippen LogP contribution in [0, 0.1) is 0 Å². The van der Waals surface area contributed by atoms with Crippen molar-refractivity contribution < 1.29 is 38.5 Å². The van der Waals surface area contributed by atoms with Crippen LogP contribution in [0.2, 0.25) is 0 Å². The molecule has 1 heterocycles. The number of oxazole rings is 1. The maximum Gasteiger partial charge on any atom is 0.336 e. The number of hydrogen-bond acceptors (Lipinski definition) is 7. The van der Waals surface area contributed by atoms with Crippen LogP contribution in [0.4, 0.5) is 0 Å². The molecule has 2 unspecified atom stereocenters. The molecule has 4 aromatic rings. The number of aromatic nitrogens is 1. The number of para-hydroxylation sites is 2. The Balaban J connectivity index is 1.15. The Hall–Kier alpha value is -4.28. The summed E-state index contributed by atoms with van der Waals surface area (Å²) in [5, 5.41) is 23.8. The van der Waals surface area contributed by atoms with Crippen LogP contribution < -0.4 is 5.32 Å². The van der Waals surface area contributed by atoms with Crippen molar-refractivity contribution in [3.05, 3.63) is 78.2 Å². The van der Waals surface area contributed by atoms with Crippen molar-refractivity contribution in [1.82, 2.24) is 10.3 Å². The van der Waals surface area contributed by atoms with E-state index >= 15 is 0 Å². The third kappa shape index (κ3) is 11.0. The molecule has 2 atom stereocenters. The van der Waals surface area contributed by atoms with Crippen LogP contribution in [0.1, 0.15) is 62.8 Å². The summed E-state index contributed by atoms with van der Waals surface area (Å²) in [5.41, 5.74) is 2.89. The molecule has 0 aliphatic rings. The average molecular weight is 619 g/mol. The molecule has 1 amide bonds. The summed E-state index contributed by atoms with van der Waals surface area (Å²) < 4.78 is 16.5. The first kappa shape index (κ1) is 33.6. The number of nitrogens with zero attached hydrogens (tertiary/aromatic N) is 1. The Morgan fingerprint density at radius 3 is 2.27 bits per heavy atom. The van der Waals surface area contributed by atoms with Gasteiger partial charge in [0.25, 0.3) is 5.91 Å². The van der Waals surface area contributed by atoms with E-state index in [1.165, 1.54) is 16.3 Å². The van der Waals surface area contributed by atoms with Gasteiger partial charge in [0.1, 0.15) is 12.1 Å². The molecular formula is C35H42N2O8. The van der Waals surface area contributed by atoms with Gasteiger partial charge in [-0.1, -0.05) is 80.3 Å². The number of nitrogens with one attached hydrogen (secondary N) is 1. The summed E-state index contributed by atoms with van der Waals surface area (Å²) in [6.45, 7) is -0.351. The van der Waals surface area contributed by atoms with Crippen molar-refractivity contribution >= 4 is 39.7 Å². The lowest BCUT2D eigenvalue weighted by Gasteiger charge is -2.23. The van der Waals surface area contributed by atoms with Crippen molar-refractivity contribution in [1.29, 1.82) is 0 Å². The quantitative estimate of drug-likeness (QED) is 0.0965. The minimum Gasteiger partial charge on any atom is -0.480 e. The zero-order valence-electron chi connectivity index (χ0n) is 25.5. The highest BCUT2D eigenvalue weighted by atomic mass is 16.6. The lowest BCUT2D eigenvalue weighted by Crippen LogP contribution is -2.49. The molecule has 0 aliphatic heterocycles. The molecule has 0 saturated heterocycles. The number of rotatable bonds is 21. The number of ether oxygens (including phenoxy) is 2. The lowest BCUT2D eigenvalue weighted by molar-refractivity contribution is -0.172. The fraction of sp³-hybridized carbons (Fsp3) is 0.429. The number of carboxylic acids is 2. The summed E-state index contributed by atoms with van der Waals surface area (Å²) >= 11 is 0. The first-order valence-corrected chi connectivity index (χ1v) is 15.7. The highest BCUT2D eigenvalue weighted by Crippen LogP contribution is 2.18. The highest BCUT2D eigenvalue weighted by Gasteiger charge is 2.36. The summed E-state index contributed by atoms with van der Waals surface area (Å²) in [7, 11) is 0. The number of carbonyl (C=O) groups excluding carboxylic acids is 1. The minimum absolute atomic E-state index is 0.149. The van der Waals surface area contributed by atoms with Crippen molar-refractivity contribution in [2.75, 3.05) is 19.8 Å². The van der Waals surface area contributed by atoms with E-state index < -0.39 is 36.7 Å². The van der Waals surface area contributed by atoms with E-state index in [2.05, 4.69) is 40.6 Å². The number of fused-ring (bicyclic) bond motifs is 2. The minimum atomic E-state index is -1.73. The smallest absolute Gasteiger partial charge is 0.336 e. The second-order valence-electron chi connectivity index (χ2n) is 11.1. The number of carbonyl (C=O) groups is 3. The van der Waals surface area contributed by atoms with Gasteiger partial charge >= 0.3 is 11.9 Å². The molecule has 3 N–H and O–H groups in total. The van der Waals surface area contributed by atoms with E-state index in [1.807, 2.05) is 36.4 Å². The predicted octanol–water partition coefficient (Wildman–Crippen LogP) is 5.94.